The minimum absolute atomic E-state index is 0.0910. The molecular formula is C31H39N3O4S. The molecule has 39 heavy (non-hydrogen) atoms. The Morgan fingerprint density at radius 2 is 1.44 bits per heavy atom. The lowest BCUT2D eigenvalue weighted by molar-refractivity contribution is -0.140. The number of benzene rings is 3. The second-order valence-electron chi connectivity index (χ2n) is 10.2. The predicted molar refractivity (Wildman–Crippen MR) is 156 cm³/mol. The highest BCUT2D eigenvalue weighted by molar-refractivity contribution is 7.92. The molecule has 0 saturated heterocycles. The maximum absolute atomic E-state index is 14.1. The van der Waals surface area contributed by atoms with E-state index in [0.717, 1.165) is 21.0 Å². The summed E-state index contributed by atoms with van der Waals surface area (Å²) in [5.41, 5.74) is 3.02. The fraction of sp³-hybridized carbons (Fsp3) is 0.355. The van der Waals surface area contributed by atoms with Gasteiger partial charge in [-0.15, -0.1) is 0 Å². The normalized spacial score (nSPS) is 12.2. The molecular weight excluding hydrogens is 510 g/mol. The van der Waals surface area contributed by atoms with Crippen LogP contribution in [0.1, 0.15) is 43.9 Å². The standard InChI is InChI=1S/C31H39N3O4S/c1-6-29(31(36)32-20-23(2)3)33(21-26-13-9-7-10-14-26)30(35)22-34(27-18-24(4)17-25(5)19-27)39(37,38)28-15-11-8-12-16-28/h7-19,23,29H,6,20-22H2,1-5H3,(H,32,36)/t29-/m1/s1. The Labute approximate surface area is 232 Å². The Kier molecular flexibility index (Phi) is 10.3. The van der Waals surface area contributed by atoms with Crippen LogP contribution in [0.2, 0.25) is 0 Å². The van der Waals surface area contributed by atoms with E-state index in [1.807, 2.05) is 71.0 Å². The first-order chi connectivity index (χ1) is 18.5. The van der Waals surface area contributed by atoms with E-state index < -0.39 is 28.5 Å². The topological polar surface area (TPSA) is 86.8 Å². The molecule has 3 aromatic rings. The van der Waals surface area contributed by atoms with Gasteiger partial charge in [-0.05, 0) is 67.1 Å². The maximum Gasteiger partial charge on any atom is 0.264 e. The van der Waals surface area contributed by atoms with Crippen LogP contribution in [0.5, 0.6) is 0 Å². The molecule has 0 bridgehead atoms. The molecule has 0 aliphatic rings. The van der Waals surface area contributed by atoms with Gasteiger partial charge in [0.05, 0.1) is 10.6 Å². The van der Waals surface area contributed by atoms with Crippen LogP contribution >= 0.6 is 0 Å². The number of sulfonamides is 1. The van der Waals surface area contributed by atoms with Gasteiger partial charge in [-0.3, -0.25) is 13.9 Å². The number of nitrogens with one attached hydrogen (secondary N) is 1. The summed E-state index contributed by atoms with van der Waals surface area (Å²) in [6.07, 6.45) is 0.386. The van der Waals surface area contributed by atoms with E-state index in [-0.39, 0.29) is 23.3 Å². The van der Waals surface area contributed by atoms with E-state index in [1.54, 1.807) is 30.3 Å². The highest BCUT2D eigenvalue weighted by atomic mass is 32.2. The van der Waals surface area contributed by atoms with Crippen molar-refractivity contribution in [2.24, 2.45) is 5.92 Å². The predicted octanol–water partition coefficient (Wildman–Crippen LogP) is 5.08. The molecule has 0 radical (unpaired) electrons. The molecule has 7 nitrogen and oxygen atoms in total. The van der Waals surface area contributed by atoms with Crippen LogP contribution in [0, 0.1) is 19.8 Å². The first kappa shape index (κ1) is 29.9. The minimum atomic E-state index is -4.08. The van der Waals surface area contributed by atoms with Gasteiger partial charge in [-0.25, -0.2) is 8.42 Å². The quantitative estimate of drug-likeness (QED) is 0.341. The summed E-state index contributed by atoms with van der Waals surface area (Å²) in [6.45, 7) is 9.86. The number of amides is 2. The van der Waals surface area contributed by atoms with Crippen LogP contribution in [0.4, 0.5) is 5.69 Å². The smallest absolute Gasteiger partial charge is 0.264 e. The number of rotatable bonds is 12. The Balaban J connectivity index is 2.05. The van der Waals surface area contributed by atoms with Crippen LogP contribution in [0.15, 0.2) is 83.8 Å². The van der Waals surface area contributed by atoms with Gasteiger partial charge in [-0.2, -0.15) is 0 Å². The second kappa shape index (κ2) is 13.4. The van der Waals surface area contributed by atoms with E-state index in [9.17, 15) is 18.0 Å². The average Bonchev–Trinajstić information content (AvgIpc) is 2.90. The molecule has 0 aromatic heterocycles. The van der Waals surface area contributed by atoms with Gasteiger partial charge >= 0.3 is 0 Å². The number of aryl methyl sites for hydroxylation is 2. The van der Waals surface area contributed by atoms with Gasteiger partial charge in [0, 0.05) is 13.1 Å². The fourth-order valence-corrected chi connectivity index (χ4v) is 5.88. The summed E-state index contributed by atoms with van der Waals surface area (Å²) in [4.78, 5) is 28.9. The summed E-state index contributed by atoms with van der Waals surface area (Å²) in [5, 5.41) is 2.95. The molecule has 0 aliphatic heterocycles. The molecule has 0 spiro atoms. The molecule has 208 valence electrons. The molecule has 1 N–H and O–H groups in total. The van der Waals surface area contributed by atoms with Crippen LogP contribution in [-0.2, 0) is 26.2 Å². The maximum atomic E-state index is 14.1. The van der Waals surface area contributed by atoms with Crippen LogP contribution in [0.3, 0.4) is 0 Å². The van der Waals surface area contributed by atoms with E-state index >= 15 is 0 Å². The van der Waals surface area contributed by atoms with Crippen molar-refractivity contribution in [1.29, 1.82) is 0 Å². The van der Waals surface area contributed by atoms with Crippen LogP contribution < -0.4 is 9.62 Å². The van der Waals surface area contributed by atoms with Crippen molar-refractivity contribution < 1.29 is 18.0 Å². The number of hydrogen-bond donors (Lipinski definition) is 1. The third-order valence-electron chi connectivity index (χ3n) is 6.37. The molecule has 0 saturated carbocycles. The Morgan fingerprint density at radius 3 is 1.97 bits per heavy atom. The SMILES string of the molecule is CC[C@H](C(=O)NCC(C)C)N(Cc1ccccc1)C(=O)CN(c1cc(C)cc(C)c1)S(=O)(=O)c1ccccc1. The van der Waals surface area contributed by atoms with Crippen molar-refractivity contribution in [3.8, 4) is 0 Å². The van der Waals surface area contributed by atoms with Gasteiger partial charge in [-0.1, -0.05) is 75.4 Å². The highest BCUT2D eigenvalue weighted by Crippen LogP contribution is 2.27. The molecule has 1 atom stereocenters. The fourth-order valence-electron chi connectivity index (χ4n) is 4.47. The van der Waals surface area contributed by atoms with Crippen LogP contribution in [0.25, 0.3) is 0 Å². The first-order valence-corrected chi connectivity index (χ1v) is 14.7. The monoisotopic (exact) mass is 549 g/mol. The van der Waals surface area contributed by atoms with E-state index in [0.29, 0.717) is 18.7 Å². The number of hydrogen-bond acceptors (Lipinski definition) is 4. The van der Waals surface area contributed by atoms with Crippen LogP contribution in [-0.4, -0.2) is 44.3 Å². The minimum Gasteiger partial charge on any atom is -0.354 e. The Bertz CT molecular complexity index is 1340. The molecule has 8 heteroatoms. The van der Waals surface area contributed by atoms with Crippen molar-refractivity contribution in [2.75, 3.05) is 17.4 Å². The zero-order chi connectivity index (χ0) is 28.6. The largest absolute Gasteiger partial charge is 0.354 e. The Hall–Kier alpha value is -3.65. The number of anilines is 1. The summed E-state index contributed by atoms with van der Waals surface area (Å²) in [5.74, 6) is -0.454. The van der Waals surface area contributed by atoms with E-state index in [1.165, 1.54) is 17.0 Å². The number of carbonyl (C=O) groups excluding carboxylic acids is 2. The molecule has 0 aliphatic carbocycles. The summed E-state index contributed by atoms with van der Waals surface area (Å²) >= 11 is 0. The number of nitrogens with zero attached hydrogens (tertiary/aromatic N) is 2. The number of carbonyl (C=O) groups is 2. The van der Waals surface area contributed by atoms with Crippen molar-refractivity contribution in [2.45, 2.75) is 58.5 Å². The molecule has 0 unspecified atom stereocenters. The van der Waals surface area contributed by atoms with Crippen molar-refractivity contribution in [3.63, 3.8) is 0 Å². The first-order valence-electron chi connectivity index (χ1n) is 13.3. The molecule has 3 aromatic carbocycles. The summed E-state index contributed by atoms with van der Waals surface area (Å²) < 4.78 is 29.0. The lowest BCUT2D eigenvalue weighted by atomic mass is 10.1. The third-order valence-corrected chi connectivity index (χ3v) is 8.16. The zero-order valence-electron chi connectivity index (χ0n) is 23.4. The van der Waals surface area contributed by atoms with E-state index in [4.69, 9.17) is 0 Å². The molecule has 3 rings (SSSR count). The van der Waals surface area contributed by atoms with Gasteiger partial charge in [0.15, 0.2) is 0 Å². The van der Waals surface area contributed by atoms with Gasteiger partial charge < -0.3 is 10.2 Å². The zero-order valence-corrected chi connectivity index (χ0v) is 24.2. The van der Waals surface area contributed by atoms with Crippen molar-refractivity contribution in [3.05, 3.63) is 95.6 Å². The summed E-state index contributed by atoms with van der Waals surface area (Å²) in [7, 11) is -4.08. The van der Waals surface area contributed by atoms with Gasteiger partial charge in [0.25, 0.3) is 10.0 Å². The lowest BCUT2D eigenvalue weighted by Gasteiger charge is -2.33. The average molecular weight is 550 g/mol. The highest BCUT2D eigenvalue weighted by Gasteiger charge is 2.33. The van der Waals surface area contributed by atoms with Crippen molar-refractivity contribution in [1.82, 2.24) is 10.2 Å². The molecule has 0 heterocycles. The lowest BCUT2D eigenvalue weighted by Crippen LogP contribution is -2.52. The second-order valence-corrected chi connectivity index (χ2v) is 12.1. The van der Waals surface area contributed by atoms with Crippen molar-refractivity contribution >= 4 is 27.5 Å². The summed E-state index contributed by atoms with van der Waals surface area (Å²) in [6, 6.07) is 22.2. The third kappa shape index (κ3) is 7.93. The van der Waals surface area contributed by atoms with Gasteiger partial charge in [0.2, 0.25) is 11.8 Å². The Morgan fingerprint density at radius 1 is 0.872 bits per heavy atom. The molecule has 2 amide bonds. The molecule has 0 fully saturated rings. The van der Waals surface area contributed by atoms with Gasteiger partial charge in [0.1, 0.15) is 12.6 Å². The van der Waals surface area contributed by atoms with E-state index in [2.05, 4.69) is 5.32 Å².